The van der Waals surface area contributed by atoms with E-state index in [2.05, 4.69) is 41.1 Å². The van der Waals surface area contributed by atoms with Gasteiger partial charge in [0.05, 0.1) is 0 Å². The normalized spacial score (nSPS) is 27.4. The summed E-state index contributed by atoms with van der Waals surface area (Å²) in [6, 6.07) is 9.66. The molecule has 0 saturated carbocycles. The van der Waals surface area contributed by atoms with E-state index < -0.39 is 0 Å². The van der Waals surface area contributed by atoms with Gasteiger partial charge in [0.2, 0.25) is 0 Å². The SMILES string of the molecule is CN1CCCCC1CCN1CCC(N)c2ccccc21. The number of nitrogens with two attached hydrogens (primary N) is 1. The maximum absolute atomic E-state index is 6.23. The number of piperidine rings is 1. The molecule has 1 fully saturated rings. The number of rotatable bonds is 3. The van der Waals surface area contributed by atoms with Gasteiger partial charge >= 0.3 is 0 Å². The summed E-state index contributed by atoms with van der Waals surface area (Å²) in [4.78, 5) is 5.09. The van der Waals surface area contributed by atoms with E-state index in [0.29, 0.717) is 0 Å². The van der Waals surface area contributed by atoms with Crippen LogP contribution < -0.4 is 10.6 Å². The van der Waals surface area contributed by atoms with Gasteiger partial charge in [-0.15, -0.1) is 0 Å². The topological polar surface area (TPSA) is 32.5 Å². The Bertz CT molecular complexity index is 446. The monoisotopic (exact) mass is 273 g/mol. The first-order chi connectivity index (χ1) is 9.75. The van der Waals surface area contributed by atoms with E-state index >= 15 is 0 Å². The highest BCUT2D eigenvalue weighted by Crippen LogP contribution is 2.32. The molecular weight excluding hydrogens is 246 g/mol. The fraction of sp³-hybridized carbons (Fsp3) is 0.647. The van der Waals surface area contributed by atoms with Crippen molar-refractivity contribution >= 4 is 5.69 Å². The Morgan fingerprint density at radius 2 is 2.00 bits per heavy atom. The average Bonchev–Trinajstić information content (AvgIpc) is 2.48. The van der Waals surface area contributed by atoms with Crippen LogP contribution in [-0.4, -0.2) is 37.6 Å². The molecule has 2 aliphatic heterocycles. The molecule has 20 heavy (non-hydrogen) atoms. The highest BCUT2D eigenvalue weighted by Gasteiger charge is 2.24. The van der Waals surface area contributed by atoms with Crippen molar-refractivity contribution in [3.05, 3.63) is 29.8 Å². The van der Waals surface area contributed by atoms with Crippen LogP contribution in [0.4, 0.5) is 5.69 Å². The summed E-state index contributed by atoms with van der Waals surface area (Å²) in [6.07, 6.45) is 6.49. The third-order valence-electron chi connectivity index (χ3n) is 5.04. The Hall–Kier alpha value is -1.06. The van der Waals surface area contributed by atoms with Crippen LogP contribution in [0.15, 0.2) is 24.3 Å². The average molecular weight is 273 g/mol. The van der Waals surface area contributed by atoms with Gasteiger partial charge < -0.3 is 15.5 Å². The minimum Gasteiger partial charge on any atom is -0.371 e. The van der Waals surface area contributed by atoms with Gasteiger partial charge in [-0.1, -0.05) is 24.6 Å². The van der Waals surface area contributed by atoms with Gasteiger partial charge in [-0.2, -0.15) is 0 Å². The van der Waals surface area contributed by atoms with Crippen molar-refractivity contribution in [2.75, 3.05) is 31.6 Å². The summed E-state index contributed by atoms with van der Waals surface area (Å²) in [5.74, 6) is 0. The molecule has 1 aromatic carbocycles. The molecule has 0 aromatic heterocycles. The van der Waals surface area contributed by atoms with Crippen LogP contribution in [0.2, 0.25) is 0 Å². The van der Waals surface area contributed by atoms with Gasteiger partial charge in [0, 0.05) is 30.9 Å². The summed E-state index contributed by atoms with van der Waals surface area (Å²) in [5.41, 5.74) is 8.93. The molecule has 0 radical (unpaired) electrons. The second-order valence-corrected chi connectivity index (χ2v) is 6.36. The lowest BCUT2D eigenvalue weighted by atomic mass is 9.95. The summed E-state index contributed by atoms with van der Waals surface area (Å²) in [6.45, 7) is 3.54. The van der Waals surface area contributed by atoms with E-state index in [1.165, 1.54) is 50.0 Å². The zero-order chi connectivity index (χ0) is 13.9. The zero-order valence-corrected chi connectivity index (χ0v) is 12.6. The number of anilines is 1. The molecule has 0 aliphatic carbocycles. The number of para-hydroxylation sites is 1. The van der Waals surface area contributed by atoms with Gasteiger partial charge in [0.25, 0.3) is 0 Å². The predicted molar refractivity (Wildman–Crippen MR) is 85.1 cm³/mol. The number of hydrogen-bond donors (Lipinski definition) is 1. The van der Waals surface area contributed by atoms with E-state index in [-0.39, 0.29) is 6.04 Å². The van der Waals surface area contributed by atoms with E-state index in [4.69, 9.17) is 5.73 Å². The summed E-state index contributed by atoms with van der Waals surface area (Å²) < 4.78 is 0. The Balaban J connectivity index is 1.65. The fourth-order valence-electron chi connectivity index (χ4n) is 3.71. The second-order valence-electron chi connectivity index (χ2n) is 6.36. The van der Waals surface area contributed by atoms with Crippen molar-refractivity contribution in [1.29, 1.82) is 0 Å². The third-order valence-corrected chi connectivity index (χ3v) is 5.04. The van der Waals surface area contributed by atoms with E-state index in [9.17, 15) is 0 Å². The number of likely N-dealkylation sites (tertiary alicyclic amines) is 1. The molecular formula is C17H27N3. The molecule has 1 saturated heterocycles. The first-order valence-corrected chi connectivity index (χ1v) is 8.05. The summed E-state index contributed by atoms with van der Waals surface area (Å²) in [5, 5.41) is 0. The molecule has 2 unspecified atom stereocenters. The Morgan fingerprint density at radius 3 is 2.85 bits per heavy atom. The maximum atomic E-state index is 6.23. The first kappa shape index (κ1) is 13.9. The Labute approximate surface area is 122 Å². The summed E-state index contributed by atoms with van der Waals surface area (Å²) >= 11 is 0. The van der Waals surface area contributed by atoms with Crippen molar-refractivity contribution in [3.8, 4) is 0 Å². The minimum absolute atomic E-state index is 0.222. The van der Waals surface area contributed by atoms with Gasteiger partial charge in [0.15, 0.2) is 0 Å². The largest absolute Gasteiger partial charge is 0.371 e. The number of fused-ring (bicyclic) bond motifs is 1. The number of benzene rings is 1. The quantitative estimate of drug-likeness (QED) is 0.919. The van der Waals surface area contributed by atoms with Crippen LogP contribution in [0.25, 0.3) is 0 Å². The van der Waals surface area contributed by atoms with Gasteiger partial charge in [-0.25, -0.2) is 0 Å². The van der Waals surface area contributed by atoms with Gasteiger partial charge in [-0.3, -0.25) is 0 Å². The molecule has 0 amide bonds. The second kappa shape index (κ2) is 6.15. The van der Waals surface area contributed by atoms with Crippen LogP contribution in [0.5, 0.6) is 0 Å². The van der Waals surface area contributed by atoms with Crippen molar-refractivity contribution in [2.24, 2.45) is 5.73 Å². The van der Waals surface area contributed by atoms with Crippen molar-refractivity contribution in [3.63, 3.8) is 0 Å². The smallest absolute Gasteiger partial charge is 0.0414 e. The van der Waals surface area contributed by atoms with E-state index in [1.807, 2.05) is 0 Å². The lowest BCUT2D eigenvalue weighted by molar-refractivity contribution is 0.177. The van der Waals surface area contributed by atoms with Crippen LogP contribution >= 0.6 is 0 Å². The predicted octanol–water partition coefficient (Wildman–Crippen LogP) is 2.77. The molecule has 2 N–H and O–H groups in total. The van der Waals surface area contributed by atoms with E-state index in [1.54, 1.807) is 0 Å². The third kappa shape index (κ3) is 2.84. The minimum atomic E-state index is 0.222. The molecule has 1 aromatic rings. The van der Waals surface area contributed by atoms with E-state index in [0.717, 1.165) is 19.0 Å². The lowest BCUT2D eigenvalue weighted by Crippen LogP contribution is -2.41. The van der Waals surface area contributed by atoms with Crippen molar-refractivity contribution in [2.45, 2.75) is 44.2 Å². The molecule has 2 atom stereocenters. The lowest BCUT2D eigenvalue weighted by Gasteiger charge is -2.38. The maximum Gasteiger partial charge on any atom is 0.0414 e. The molecule has 2 aliphatic rings. The molecule has 110 valence electrons. The van der Waals surface area contributed by atoms with Gasteiger partial charge in [0.1, 0.15) is 0 Å². The number of nitrogens with zero attached hydrogens (tertiary/aromatic N) is 2. The Morgan fingerprint density at radius 1 is 1.15 bits per heavy atom. The van der Waals surface area contributed by atoms with Crippen LogP contribution in [0, 0.1) is 0 Å². The highest BCUT2D eigenvalue weighted by molar-refractivity contribution is 5.56. The number of hydrogen-bond acceptors (Lipinski definition) is 3. The zero-order valence-electron chi connectivity index (χ0n) is 12.6. The molecule has 3 rings (SSSR count). The molecule has 3 heteroatoms. The van der Waals surface area contributed by atoms with Crippen LogP contribution in [0.3, 0.4) is 0 Å². The van der Waals surface area contributed by atoms with Crippen molar-refractivity contribution < 1.29 is 0 Å². The van der Waals surface area contributed by atoms with Crippen LogP contribution in [0.1, 0.15) is 43.7 Å². The van der Waals surface area contributed by atoms with Crippen molar-refractivity contribution in [1.82, 2.24) is 4.90 Å². The molecule has 0 spiro atoms. The first-order valence-electron chi connectivity index (χ1n) is 8.05. The molecule has 0 bridgehead atoms. The van der Waals surface area contributed by atoms with Gasteiger partial charge in [-0.05, 0) is 50.9 Å². The molecule has 2 heterocycles. The Kier molecular flexibility index (Phi) is 4.27. The molecule has 3 nitrogen and oxygen atoms in total. The van der Waals surface area contributed by atoms with Crippen LogP contribution in [-0.2, 0) is 0 Å². The fourth-order valence-corrected chi connectivity index (χ4v) is 3.71. The standard InChI is InChI=1S/C17H27N3/c1-19-11-5-4-6-14(19)9-12-20-13-10-16(18)15-7-2-3-8-17(15)20/h2-3,7-8,14,16H,4-6,9-13,18H2,1H3. The highest BCUT2D eigenvalue weighted by atomic mass is 15.2. The summed E-state index contributed by atoms with van der Waals surface area (Å²) in [7, 11) is 2.28.